The molecule has 1 rings (SSSR count). The summed E-state index contributed by atoms with van der Waals surface area (Å²) in [6.07, 6.45) is 0. The molecule has 0 aliphatic heterocycles. The Balaban J connectivity index is 3.54. The van der Waals surface area contributed by atoms with Gasteiger partial charge in [0.25, 0.3) is 5.69 Å². The number of alkyl halides is 2. The number of nitro groups is 1. The molecule has 0 saturated carbocycles. The van der Waals surface area contributed by atoms with Crippen molar-refractivity contribution < 1.29 is 23.6 Å². The highest BCUT2D eigenvalue weighted by atomic mass is 35.5. The van der Waals surface area contributed by atoms with E-state index >= 15 is 0 Å². The lowest BCUT2D eigenvalue weighted by Gasteiger charge is -2.12. The van der Waals surface area contributed by atoms with Gasteiger partial charge < -0.3 is 5.11 Å². The minimum Gasteiger partial charge on any atom is -0.477 e. The minimum atomic E-state index is -4.40. The lowest BCUT2D eigenvalue weighted by Crippen LogP contribution is -2.26. The maximum absolute atomic E-state index is 13.2. The highest BCUT2D eigenvalue weighted by Gasteiger charge is 2.47. The number of carboxylic acid groups (broad SMARTS) is 1. The predicted octanol–water partition coefficient (Wildman–Crippen LogP) is 2.42. The highest BCUT2D eigenvalue weighted by molar-refractivity contribution is 6.32. The molecule has 0 fully saturated rings. The summed E-state index contributed by atoms with van der Waals surface area (Å²) in [5.74, 6) is -6.90. The third kappa shape index (κ3) is 1.94. The average molecular weight is 252 g/mol. The first-order valence-electron chi connectivity index (χ1n) is 3.83. The second-order valence-corrected chi connectivity index (χ2v) is 3.18. The second-order valence-electron chi connectivity index (χ2n) is 2.77. The van der Waals surface area contributed by atoms with E-state index in [1.165, 1.54) is 0 Å². The maximum atomic E-state index is 13.2. The van der Waals surface area contributed by atoms with Gasteiger partial charge in [-0.25, -0.2) is 4.79 Å². The van der Waals surface area contributed by atoms with Gasteiger partial charge >= 0.3 is 11.9 Å². The fourth-order valence-electron chi connectivity index (χ4n) is 1.08. The Labute approximate surface area is 92.4 Å². The standard InChI is InChI=1S/C8H4ClF2NO4/c9-4-2-1-3-5(12(15)16)6(4)8(10,11)7(13)14/h1-3H,(H,13,14). The van der Waals surface area contributed by atoms with Gasteiger partial charge in [0.1, 0.15) is 5.56 Å². The largest absolute Gasteiger partial charge is 0.477 e. The van der Waals surface area contributed by atoms with E-state index in [1.807, 2.05) is 0 Å². The molecule has 8 heteroatoms. The average Bonchev–Trinajstić information content (AvgIpc) is 2.16. The molecule has 0 radical (unpaired) electrons. The Bertz CT molecular complexity index is 463. The first-order chi connectivity index (χ1) is 7.28. The zero-order chi connectivity index (χ0) is 12.5. The van der Waals surface area contributed by atoms with Crippen molar-refractivity contribution in [3.05, 3.63) is 38.9 Å². The third-order valence-electron chi connectivity index (χ3n) is 1.77. The van der Waals surface area contributed by atoms with Crippen LogP contribution in [0, 0.1) is 10.1 Å². The van der Waals surface area contributed by atoms with Crippen LogP contribution in [0.1, 0.15) is 5.56 Å². The van der Waals surface area contributed by atoms with Crippen molar-refractivity contribution in [1.82, 2.24) is 0 Å². The molecule has 0 aliphatic rings. The van der Waals surface area contributed by atoms with Crippen LogP contribution in [0.2, 0.25) is 5.02 Å². The Hall–Kier alpha value is -1.76. The number of nitro benzene ring substituents is 1. The molecule has 0 amide bonds. The number of hydrogen-bond donors (Lipinski definition) is 1. The topological polar surface area (TPSA) is 80.4 Å². The van der Waals surface area contributed by atoms with Crippen LogP contribution in [0.5, 0.6) is 0 Å². The Morgan fingerprint density at radius 1 is 1.50 bits per heavy atom. The van der Waals surface area contributed by atoms with E-state index in [-0.39, 0.29) is 0 Å². The SMILES string of the molecule is O=C(O)C(F)(F)c1c(Cl)cccc1[N+](=O)[O-]. The van der Waals surface area contributed by atoms with E-state index in [1.54, 1.807) is 0 Å². The van der Waals surface area contributed by atoms with Crippen LogP contribution < -0.4 is 0 Å². The molecular weight excluding hydrogens is 248 g/mol. The first kappa shape index (κ1) is 12.3. The molecule has 0 aromatic heterocycles. The van der Waals surface area contributed by atoms with E-state index < -0.39 is 33.1 Å². The monoisotopic (exact) mass is 251 g/mol. The van der Waals surface area contributed by atoms with E-state index in [9.17, 15) is 23.7 Å². The van der Waals surface area contributed by atoms with Crippen molar-refractivity contribution in [2.75, 3.05) is 0 Å². The Morgan fingerprint density at radius 3 is 2.50 bits per heavy atom. The maximum Gasteiger partial charge on any atom is 0.379 e. The van der Waals surface area contributed by atoms with Crippen LogP contribution in [0.4, 0.5) is 14.5 Å². The number of benzene rings is 1. The molecule has 0 saturated heterocycles. The smallest absolute Gasteiger partial charge is 0.379 e. The van der Waals surface area contributed by atoms with Gasteiger partial charge in [0.05, 0.1) is 9.95 Å². The van der Waals surface area contributed by atoms with Gasteiger partial charge in [-0.2, -0.15) is 8.78 Å². The normalized spacial score (nSPS) is 11.2. The lowest BCUT2D eigenvalue weighted by atomic mass is 10.1. The van der Waals surface area contributed by atoms with E-state index in [0.29, 0.717) is 0 Å². The minimum absolute atomic E-state index is 0.665. The van der Waals surface area contributed by atoms with Gasteiger partial charge in [0.2, 0.25) is 0 Å². The summed E-state index contributed by atoms with van der Waals surface area (Å²) in [6, 6.07) is 2.81. The number of aliphatic carboxylic acids is 1. The Kier molecular flexibility index (Phi) is 3.09. The zero-order valence-corrected chi connectivity index (χ0v) is 8.24. The van der Waals surface area contributed by atoms with Crippen LogP contribution in [-0.2, 0) is 10.7 Å². The van der Waals surface area contributed by atoms with Crippen molar-refractivity contribution in [3.8, 4) is 0 Å². The summed E-state index contributed by atoms with van der Waals surface area (Å²) >= 11 is 5.35. The van der Waals surface area contributed by atoms with Crippen molar-refractivity contribution in [2.45, 2.75) is 5.92 Å². The summed E-state index contributed by atoms with van der Waals surface area (Å²) in [5, 5.41) is 18.1. The van der Waals surface area contributed by atoms with Gasteiger partial charge in [0.15, 0.2) is 0 Å². The first-order valence-corrected chi connectivity index (χ1v) is 4.21. The van der Waals surface area contributed by atoms with Gasteiger partial charge in [-0.3, -0.25) is 10.1 Å². The van der Waals surface area contributed by atoms with Crippen molar-refractivity contribution >= 4 is 23.3 Å². The van der Waals surface area contributed by atoms with E-state index in [2.05, 4.69) is 0 Å². The Morgan fingerprint density at radius 2 is 2.06 bits per heavy atom. The predicted molar refractivity (Wildman–Crippen MR) is 49.6 cm³/mol. The van der Waals surface area contributed by atoms with Gasteiger partial charge in [-0.15, -0.1) is 0 Å². The molecule has 0 unspecified atom stereocenters. The molecule has 1 N–H and O–H groups in total. The van der Waals surface area contributed by atoms with Crippen LogP contribution in [0.25, 0.3) is 0 Å². The number of carbonyl (C=O) groups is 1. The number of rotatable bonds is 3. The molecule has 0 aliphatic carbocycles. The fraction of sp³-hybridized carbons (Fsp3) is 0.125. The third-order valence-corrected chi connectivity index (χ3v) is 2.09. The summed E-state index contributed by atoms with van der Waals surface area (Å²) in [4.78, 5) is 19.7. The lowest BCUT2D eigenvalue weighted by molar-refractivity contribution is -0.386. The quantitative estimate of drug-likeness (QED) is 0.661. The molecule has 0 atom stereocenters. The number of carboxylic acids is 1. The van der Waals surface area contributed by atoms with Crippen molar-refractivity contribution in [2.24, 2.45) is 0 Å². The van der Waals surface area contributed by atoms with Crippen molar-refractivity contribution in [3.63, 3.8) is 0 Å². The molecule has 0 bridgehead atoms. The van der Waals surface area contributed by atoms with E-state index in [4.69, 9.17) is 16.7 Å². The van der Waals surface area contributed by atoms with Crippen LogP contribution in [0.3, 0.4) is 0 Å². The molecule has 16 heavy (non-hydrogen) atoms. The van der Waals surface area contributed by atoms with Gasteiger partial charge in [0, 0.05) is 6.07 Å². The fourth-order valence-corrected chi connectivity index (χ4v) is 1.37. The molecule has 0 spiro atoms. The summed E-state index contributed by atoms with van der Waals surface area (Å²) < 4.78 is 26.3. The molecule has 1 aromatic carbocycles. The van der Waals surface area contributed by atoms with Crippen LogP contribution in [0.15, 0.2) is 18.2 Å². The second kappa shape index (κ2) is 4.01. The molecular formula is C8H4ClF2NO4. The van der Waals surface area contributed by atoms with Crippen LogP contribution in [-0.4, -0.2) is 16.0 Å². The zero-order valence-electron chi connectivity index (χ0n) is 7.49. The van der Waals surface area contributed by atoms with Gasteiger partial charge in [-0.1, -0.05) is 17.7 Å². The van der Waals surface area contributed by atoms with Crippen molar-refractivity contribution in [1.29, 1.82) is 0 Å². The highest BCUT2D eigenvalue weighted by Crippen LogP contribution is 2.39. The molecule has 86 valence electrons. The van der Waals surface area contributed by atoms with Gasteiger partial charge in [-0.05, 0) is 6.07 Å². The molecule has 0 heterocycles. The van der Waals surface area contributed by atoms with Crippen LogP contribution >= 0.6 is 11.6 Å². The number of nitrogens with zero attached hydrogens (tertiary/aromatic N) is 1. The summed E-state index contributed by atoms with van der Waals surface area (Å²) in [5.41, 5.74) is -2.34. The molecule has 1 aromatic rings. The molecule has 5 nitrogen and oxygen atoms in total. The summed E-state index contributed by atoms with van der Waals surface area (Å²) in [7, 11) is 0. The number of hydrogen-bond acceptors (Lipinski definition) is 3. The summed E-state index contributed by atoms with van der Waals surface area (Å²) in [6.45, 7) is 0. The number of halogens is 3. The van der Waals surface area contributed by atoms with E-state index in [0.717, 1.165) is 18.2 Å².